The van der Waals surface area contributed by atoms with E-state index in [0.29, 0.717) is 24.6 Å². The van der Waals surface area contributed by atoms with Gasteiger partial charge in [0, 0.05) is 24.9 Å². The van der Waals surface area contributed by atoms with E-state index in [2.05, 4.69) is 16.0 Å². The summed E-state index contributed by atoms with van der Waals surface area (Å²) in [4.78, 5) is 22.6. The Bertz CT molecular complexity index is 453. The molecule has 0 aromatic heterocycles. The van der Waals surface area contributed by atoms with Crippen molar-refractivity contribution in [3.05, 3.63) is 24.3 Å². The van der Waals surface area contributed by atoms with Crippen molar-refractivity contribution in [2.45, 2.75) is 19.4 Å². The van der Waals surface area contributed by atoms with Gasteiger partial charge in [0.1, 0.15) is 0 Å². The summed E-state index contributed by atoms with van der Waals surface area (Å²) in [7, 11) is 0. The number of anilines is 2. The van der Waals surface area contributed by atoms with E-state index in [1.165, 1.54) is 6.92 Å². The van der Waals surface area contributed by atoms with Crippen LogP contribution in [0.25, 0.3) is 0 Å². The summed E-state index contributed by atoms with van der Waals surface area (Å²) >= 11 is 0. The molecule has 1 fully saturated rings. The Labute approximate surface area is 111 Å². The normalized spacial score (nSPS) is 17.8. The van der Waals surface area contributed by atoms with Gasteiger partial charge in [0.05, 0.1) is 12.6 Å². The van der Waals surface area contributed by atoms with Crippen LogP contribution in [0.3, 0.4) is 0 Å². The molecule has 1 saturated heterocycles. The van der Waals surface area contributed by atoms with Crippen molar-refractivity contribution in [1.82, 2.24) is 5.32 Å². The molecule has 102 valence electrons. The third-order valence-corrected chi connectivity index (χ3v) is 2.73. The first-order chi connectivity index (χ1) is 9.13. The Morgan fingerprint density at radius 2 is 1.79 bits per heavy atom. The van der Waals surface area contributed by atoms with Crippen LogP contribution in [-0.2, 0) is 9.53 Å². The van der Waals surface area contributed by atoms with Gasteiger partial charge in [0.25, 0.3) is 0 Å². The van der Waals surface area contributed by atoms with Crippen LogP contribution in [0.4, 0.5) is 16.2 Å². The topological polar surface area (TPSA) is 79.5 Å². The lowest BCUT2D eigenvalue weighted by atomic mass is 10.2. The molecule has 0 saturated carbocycles. The third kappa shape index (κ3) is 4.26. The number of benzene rings is 1. The van der Waals surface area contributed by atoms with Crippen molar-refractivity contribution >= 4 is 23.3 Å². The summed E-state index contributed by atoms with van der Waals surface area (Å²) < 4.78 is 5.18. The summed E-state index contributed by atoms with van der Waals surface area (Å²) in [6.07, 6.45) is 0.842. The maximum Gasteiger partial charge on any atom is 0.319 e. The fraction of sp³-hybridized carbons (Fsp3) is 0.385. The number of carbonyl (C=O) groups is 2. The molecule has 2 rings (SSSR count). The van der Waals surface area contributed by atoms with Crippen LogP contribution >= 0.6 is 0 Å². The van der Waals surface area contributed by atoms with Crippen LogP contribution in [0.2, 0.25) is 0 Å². The van der Waals surface area contributed by atoms with E-state index in [-0.39, 0.29) is 18.0 Å². The summed E-state index contributed by atoms with van der Waals surface area (Å²) in [6.45, 7) is 2.70. The van der Waals surface area contributed by atoms with E-state index in [0.717, 1.165) is 6.42 Å². The second kappa shape index (κ2) is 6.19. The van der Waals surface area contributed by atoms with Crippen LogP contribution in [0.15, 0.2) is 24.3 Å². The molecular weight excluding hydrogens is 246 g/mol. The van der Waals surface area contributed by atoms with E-state index >= 15 is 0 Å². The van der Waals surface area contributed by atoms with Gasteiger partial charge in [-0.3, -0.25) is 4.79 Å². The van der Waals surface area contributed by atoms with Crippen LogP contribution in [0, 0.1) is 0 Å². The minimum atomic E-state index is -0.247. The number of nitrogens with one attached hydrogen (secondary N) is 3. The first kappa shape index (κ1) is 13.4. The first-order valence-electron chi connectivity index (χ1n) is 6.16. The molecule has 1 unspecified atom stereocenters. The second-order valence-electron chi connectivity index (χ2n) is 4.42. The fourth-order valence-corrected chi connectivity index (χ4v) is 1.84. The quantitative estimate of drug-likeness (QED) is 0.774. The lowest BCUT2D eigenvalue weighted by Crippen LogP contribution is -2.38. The number of hydrogen-bond donors (Lipinski definition) is 3. The molecule has 1 aliphatic rings. The summed E-state index contributed by atoms with van der Waals surface area (Å²) in [5.41, 5.74) is 1.37. The van der Waals surface area contributed by atoms with Crippen LogP contribution in [0.1, 0.15) is 13.3 Å². The molecule has 1 aromatic rings. The highest BCUT2D eigenvalue weighted by Gasteiger charge is 2.17. The van der Waals surface area contributed by atoms with E-state index in [1.54, 1.807) is 24.3 Å². The molecule has 1 aliphatic heterocycles. The van der Waals surface area contributed by atoms with E-state index < -0.39 is 0 Å². The predicted molar refractivity (Wildman–Crippen MR) is 72.1 cm³/mol. The van der Waals surface area contributed by atoms with Crippen molar-refractivity contribution in [3.63, 3.8) is 0 Å². The molecular formula is C13H17N3O3. The van der Waals surface area contributed by atoms with Gasteiger partial charge in [-0.1, -0.05) is 0 Å². The molecule has 6 nitrogen and oxygen atoms in total. The van der Waals surface area contributed by atoms with Crippen molar-refractivity contribution in [3.8, 4) is 0 Å². The monoisotopic (exact) mass is 263 g/mol. The Balaban J connectivity index is 1.84. The van der Waals surface area contributed by atoms with Gasteiger partial charge in [0.15, 0.2) is 0 Å². The zero-order chi connectivity index (χ0) is 13.7. The minimum Gasteiger partial charge on any atom is -0.379 e. The Kier molecular flexibility index (Phi) is 4.35. The predicted octanol–water partition coefficient (Wildman–Crippen LogP) is 1.56. The highest BCUT2D eigenvalue weighted by atomic mass is 16.5. The van der Waals surface area contributed by atoms with E-state index in [1.807, 2.05) is 0 Å². The molecule has 0 aliphatic carbocycles. The lowest BCUT2D eigenvalue weighted by Gasteiger charge is -2.12. The highest BCUT2D eigenvalue weighted by molar-refractivity contribution is 5.91. The number of carbonyl (C=O) groups excluding carboxylic acids is 2. The van der Waals surface area contributed by atoms with Gasteiger partial charge in [-0.05, 0) is 30.7 Å². The van der Waals surface area contributed by atoms with Gasteiger partial charge in [-0.25, -0.2) is 4.79 Å². The number of urea groups is 1. The standard InChI is InChI=1S/C13H17N3O3/c1-9(17)14-10-2-4-11(5-3-10)15-13(18)16-12-6-7-19-8-12/h2-5,12H,6-8H2,1H3,(H,14,17)(H2,15,16,18). The molecule has 1 aromatic carbocycles. The van der Waals surface area contributed by atoms with Crippen LogP contribution in [-0.4, -0.2) is 31.2 Å². The van der Waals surface area contributed by atoms with Gasteiger partial charge in [0.2, 0.25) is 5.91 Å². The fourth-order valence-electron chi connectivity index (χ4n) is 1.84. The highest BCUT2D eigenvalue weighted by Crippen LogP contribution is 2.13. The summed E-state index contributed by atoms with van der Waals surface area (Å²) in [5.74, 6) is -0.125. The average molecular weight is 263 g/mol. The van der Waals surface area contributed by atoms with Gasteiger partial charge in [-0.2, -0.15) is 0 Å². The van der Waals surface area contributed by atoms with Crippen molar-refractivity contribution in [2.24, 2.45) is 0 Å². The van der Waals surface area contributed by atoms with Crippen molar-refractivity contribution in [1.29, 1.82) is 0 Å². The van der Waals surface area contributed by atoms with Gasteiger partial charge in [-0.15, -0.1) is 0 Å². The van der Waals surface area contributed by atoms with E-state index in [9.17, 15) is 9.59 Å². The molecule has 0 spiro atoms. The molecule has 1 heterocycles. The number of hydrogen-bond acceptors (Lipinski definition) is 3. The Hall–Kier alpha value is -2.08. The van der Waals surface area contributed by atoms with Gasteiger partial charge < -0.3 is 20.7 Å². The largest absolute Gasteiger partial charge is 0.379 e. The second-order valence-corrected chi connectivity index (χ2v) is 4.42. The molecule has 1 atom stereocenters. The third-order valence-electron chi connectivity index (χ3n) is 2.73. The Morgan fingerprint density at radius 3 is 2.32 bits per heavy atom. The van der Waals surface area contributed by atoms with Gasteiger partial charge >= 0.3 is 6.03 Å². The minimum absolute atomic E-state index is 0.0821. The number of rotatable bonds is 3. The number of amides is 3. The SMILES string of the molecule is CC(=O)Nc1ccc(NC(=O)NC2CCOC2)cc1. The van der Waals surface area contributed by atoms with Crippen LogP contribution < -0.4 is 16.0 Å². The zero-order valence-electron chi connectivity index (χ0n) is 10.7. The average Bonchev–Trinajstić information content (AvgIpc) is 2.83. The smallest absolute Gasteiger partial charge is 0.319 e. The maximum atomic E-state index is 11.7. The molecule has 3 N–H and O–H groups in total. The summed E-state index contributed by atoms with van der Waals surface area (Å²) in [5, 5.41) is 8.22. The Morgan fingerprint density at radius 1 is 1.16 bits per heavy atom. The molecule has 19 heavy (non-hydrogen) atoms. The lowest BCUT2D eigenvalue weighted by molar-refractivity contribution is -0.114. The van der Waals surface area contributed by atoms with Crippen molar-refractivity contribution < 1.29 is 14.3 Å². The zero-order valence-corrected chi connectivity index (χ0v) is 10.7. The first-order valence-corrected chi connectivity index (χ1v) is 6.16. The molecule has 6 heteroatoms. The molecule has 3 amide bonds. The van der Waals surface area contributed by atoms with Crippen LogP contribution in [0.5, 0.6) is 0 Å². The van der Waals surface area contributed by atoms with E-state index in [4.69, 9.17) is 4.74 Å². The maximum absolute atomic E-state index is 11.7. The molecule has 0 radical (unpaired) electrons. The summed E-state index contributed by atoms with van der Waals surface area (Å²) in [6, 6.07) is 6.76. The molecule has 0 bridgehead atoms. The number of ether oxygens (including phenoxy) is 1. The van der Waals surface area contributed by atoms with Crippen molar-refractivity contribution in [2.75, 3.05) is 23.8 Å².